The van der Waals surface area contributed by atoms with E-state index in [1.54, 1.807) is 0 Å². The van der Waals surface area contributed by atoms with Gasteiger partial charge in [0.05, 0.1) is 17.4 Å². The minimum absolute atomic E-state index is 0.0598. The van der Waals surface area contributed by atoms with Crippen LogP contribution in [0.1, 0.15) is 23.2 Å². The number of ether oxygens (including phenoxy) is 1. The lowest BCUT2D eigenvalue weighted by Gasteiger charge is -2.35. The van der Waals surface area contributed by atoms with Crippen molar-refractivity contribution in [3.8, 4) is 5.75 Å². The van der Waals surface area contributed by atoms with Crippen LogP contribution in [-0.4, -0.2) is 42.6 Å². The van der Waals surface area contributed by atoms with Crippen LogP contribution in [0.2, 0.25) is 0 Å². The zero-order valence-electron chi connectivity index (χ0n) is 15.8. The molecule has 0 saturated carbocycles. The Balaban J connectivity index is 1.31. The summed E-state index contributed by atoms with van der Waals surface area (Å²) in [7, 11) is -3.72. The summed E-state index contributed by atoms with van der Waals surface area (Å²) in [5.74, 6) is 0.945. The molecular weight excluding hydrogens is 397 g/mol. The molecule has 0 amide bonds. The van der Waals surface area contributed by atoms with Crippen molar-refractivity contribution in [2.45, 2.75) is 24.2 Å². The van der Waals surface area contributed by atoms with Gasteiger partial charge in [-0.3, -0.25) is 0 Å². The number of sulfonamides is 1. The van der Waals surface area contributed by atoms with E-state index < -0.39 is 15.8 Å². The number of aryl methyl sites for hydroxylation is 1. The molecule has 1 aromatic heterocycles. The average molecular weight is 417 g/mol. The summed E-state index contributed by atoms with van der Waals surface area (Å²) < 4.78 is 50.6. The second-order valence-electron chi connectivity index (χ2n) is 6.94. The monoisotopic (exact) mass is 417 g/mol. The third-order valence-electron chi connectivity index (χ3n) is 4.70. The van der Waals surface area contributed by atoms with Crippen LogP contribution >= 0.6 is 0 Å². The molecule has 2 aromatic carbocycles. The third-order valence-corrected chi connectivity index (χ3v) is 6.53. The fourth-order valence-corrected chi connectivity index (χ4v) is 4.63. The molecule has 0 unspecified atom stereocenters. The summed E-state index contributed by atoms with van der Waals surface area (Å²) in [6.45, 7) is 2.85. The minimum atomic E-state index is -3.72. The van der Waals surface area contributed by atoms with Crippen molar-refractivity contribution in [3.05, 3.63) is 71.6 Å². The zero-order chi connectivity index (χ0) is 20.4. The molecule has 0 radical (unpaired) electrons. The van der Waals surface area contributed by atoms with Crippen LogP contribution in [0.15, 0.2) is 57.9 Å². The number of nitrogens with zero attached hydrogens (tertiary/aromatic N) is 3. The Bertz CT molecular complexity index is 1110. The van der Waals surface area contributed by atoms with Crippen molar-refractivity contribution in [2.24, 2.45) is 0 Å². The second kappa shape index (κ2) is 7.92. The molecule has 2 heterocycles. The topological polar surface area (TPSA) is 85.5 Å². The lowest BCUT2D eigenvalue weighted by Crippen LogP contribution is -2.48. The lowest BCUT2D eigenvalue weighted by atomic mass is 10.0. The molecule has 152 valence electrons. The van der Waals surface area contributed by atoms with E-state index >= 15 is 0 Å². The summed E-state index contributed by atoms with van der Waals surface area (Å²) in [6, 6.07) is 12.7. The molecule has 0 bridgehead atoms. The first-order chi connectivity index (χ1) is 13.9. The van der Waals surface area contributed by atoms with Gasteiger partial charge >= 0.3 is 0 Å². The van der Waals surface area contributed by atoms with E-state index in [2.05, 4.69) is 10.1 Å². The van der Waals surface area contributed by atoms with Gasteiger partial charge in [0, 0.05) is 19.5 Å². The van der Waals surface area contributed by atoms with Gasteiger partial charge in [0.25, 0.3) is 0 Å². The molecule has 0 N–H and O–H groups in total. The first kappa shape index (κ1) is 19.5. The van der Waals surface area contributed by atoms with Crippen molar-refractivity contribution in [1.29, 1.82) is 0 Å². The molecule has 9 heteroatoms. The van der Waals surface area contributed by atoms with Crippen molar-refractivity contribution >= 4 is 10.0 Å². The van der Waals surface area contributed by atoms with Gasteiger partial charge in [0.2, 0.25) is 15.9 Å². The van der Waals surface area contributed by atoms with E-state index in [0.29, 0.717) is 24.7 Å². The van der Waals surface area contributed by atoms with Gasteiger partial charge in [-0.2, -0.15) is 9.29 Å². The van der Waals surface area contributed by atoms with Crippen LogP contribution in [0.25, 0.3) is 0 Å². The highest BCUT2D eigenvalue weighted by Crippen LogP contribution is 2.31. The van der Waals surface area contributed by atoms with Gasteiger partial charge in [-0.05, 0) is 42.8 Å². The number of hydrogen-bond donors (Lipinski definition) is 0. The molecule has 1 aliphatic heterocycles. The van der Waals surface area contributed by atoms with Crippen LogP contribution in [0.5, 0.6) is 5.75 Å². The van der Waals surface area contributed by atoms with Gasteiger partial charge in [0.15, 0.2) is 5.82 Å². The summed E-state index contributed by atoms with van der Waals surface area (Å²) in [5, 5.41) is 3.94. The quantitative estimate of drug-likeness (QED) is 0.588. The molecule has 7 nitrogen and oxygen atoms in total. The average Bonchev–Trinajstić information content (AvgIpc) is 3.09. The Morgan fingerprint density at radius 1 is 1.21 bits per heavy atom. The van der Waals surface area contributed by atoms with E-state index in [-0.39, 0.29) is 23.9 Å². The molecule has 1 fully saturated rings. The maximum Gasteiger partial charge on any atom is 0.243 e. The number of halogens is 1. The Kier molecular flexibility index (Phi) is 5.33. The van der Waals surface area contributed by atoms with E-state index in [9.17, 15) is 12.8 Å². The summed E-state index contributed by atoms with van der Waals surface area (Å²) >= 11 is 0. The minimum Gasteiger partial charge on any atom is -0.493 e. The first-order valence-corrected chi connectivity index (χ1v) is 10.6. The highest BCUT2D eigenvalue weighted by atomic mass is 32.2. The molecule has 29 heavy (non-hydrogen) atoms. The van der Waals surface area contributed by atoms with Crippen LogP contribution in [0.4, 0.5) is 4.39 Å². The highest BCUT2D eigenvalue weighted by Gasteiger charge is 2.40. The van der Waals surface area contributed by atoms with Gasteiger partial charge < -0.3 is 9.26 Å². The van der Waals surface area contributed by atoms with Gasteiger partial charge in [-0.15, -0.1) is 0 Å². The third kappa shape index (κ3) is 4.30. The Morgan fingerprint density at radius 3 is 2.76 bits per heavy atom. The predicted molar refractivity (Wildman–Crippen MR) is 103 cm³/mol. The fraction of sp³-hybridized carbons (Fsp3) is 0.300. The Labute approximate surface area is 168 Å². The van der Waals surface area contributed by atoms with Crippen LogP contribution in [0, 0.1) is 12.7 Å². The van der Waals surface area contributed by atoms with Gasteiger partial charge in [0.1, 0.15) is 11.6 Å². The molecule has 4 rings (SSSR count). The van der Waals surface area contributed by atoms with E-state index in [0.717, 1.165) is 17.4 Å². The van der Waals surface area contributed by atoms with E-state index in [1.165, 1.54) is 22.5 Å². The van der Waals surface area contributed by atoms with Crippen LogP contribution < -0.4 is 4.74 Å². The molecule has 3 aromatic rings. The van der Waals surface area contributed by atoms with E-state index in [1.807, 2.05) is 31.2 Å². The molecular formula is C20H20FN3O4S. The SMILES string of the molecule is Cc1cccc(OCCc2noc(C3CN(S(=O)(=O)c4cccc(F)c4)C3)n2)c1. The predicted octanol–water partition coefficient (Wildman–Crippen LogP) is 2.93. The maximum absolute atomic E-state index is 13.3. The Morgan fingerprint density at radius 2 is 2.00 bits per heavy atom. The molecule has 0 spiro atoms. The summed E-state index contributed by atoms with van der Waals surface area (Å²) in [6.07, 6.45) is 0.482. The number of benzene rings is 2. The number of rotatable bonds is 7. The highest BCUT2D eigenvalue weighted by molar-refractivity contribution is 7.89. The summed E-state index contributed by atoms with van der Waals surface area (Å²) in [4.78, 5) is 4.29. The first-order valence-electron chi connectivity index (χ1n) is 9.19. The maximum atomic E-state index is 13.3. The lowest BCUT2D eigenvalue weighted by molar-refractivity contribution is 0.216. The smallest absolute Gasteiger partial charge is 0.243 e. The fourth-order valence-electron chi connectivity index (χ4n) is 3.07. The summed E-state index contributed by atoms with van der Waals surface area (Å²) in [5.41, 5.74) is 1.12. The molecule has 0 aliphatic carbocycles. The van der Waals surface area contributed by atoms with Gasteiger partial charge in [-0.25, -0.2) is 12.8 Å². The largest absolute Gasteiger partial charge is 0.493 e. The van der Waals surface area contributed by atoms with E-state index in [4.69, 9.17) is 9.26 Å². The van der Waals surface area contributed by atoms with Crippen molar-refractivity contribution in [1.82, 2.24) is 14.4 Å². The van der Waals surface area contributed by atoms with Crippen molar-refractivity contribution in [3.63, 3.8) is 0 Å². The standard InChI is InChI=1S/C20H20FN3O4S/c1-14-4-2-6-17(10-14)27-9-8-19-22-20(28-23-19)15-12-24(13-15)29(25,26)18-7-3-5-16(21)11-18/h2-7,10-11,15H,8-9,12-13H2,1H3. The van der Waals surface area contributed by atoms with Gasteiger partial charge in [-0.1, -0.05) is 23.4 Å². The normalized spacial score (nSPS) is 15.2. The van der Waals surface area contributed by atoms with Crippen LogP contribution in [-0.2, 0) is 16.4 Å². The number of aromatic nitrogens is 2. The Hall–Kier alpha value is -2.78. The molecule has 1 aliphatic rings. The van der Waals surface area contributed by atoms with Crippen molar-refractivity contribution < 1.29 is 22.1 Å². The van der Waals surface area contributed by atoms with Crippen molar-refractivity contribution in [2.75, 3.05) is 19.7 Å². The van der Waals surface area contributed by atoms with Crippen LogP contribution in [0.3, 0.4) is 0 Å². The molecule has 0 atom stereocenters. The molecule has 1 saturated heterocycles. The zero-order valence-corrected chi connectivity index (χ0v) is 16.6. The second-order valence-corrected chi connectivity index (χ2v) is 8.88. The number of hydrogen-bond acceptors (Lipinski definition) is 6.